The maximum absolute atomic E-state index is 12.8. The molecule has 0 unspecified atom stereocenters. The van der Waals surface area contributed by atoms with Crippen LogP contribution in [0.25, 0.3) is 10.9 Å². The number of anilines is 1. The van der Waals surface area contributed by atoms with Gasteiger partial charge in [-0.3, -0.25) is 14.2 Å². The molecule has 1 fully saturated rings. The summed E-state index contributed by atoms with van der Waals surface area (Å²) in [5, 5.41) is 3.29. The van der Waals surface area contributed by atoms with Gasteiger partial charge in [0, 0.05) is 18.8 Å². The molecule has 8 heteroatoms. The minimum atomic E-state index is -0.335. The quantitative estimate of drug-likeness (QED) is 0.599. The van der Waals surface area contributed by atoms with Gasteiger partial charge in [-0.15, -0.1) is 0 Å². The molecule has 0 atom stereocenters. The van der Waals surface area contributed by atoms with Gasteiger partial charge in [0.05, 0.1) is 17.5 Å². The molecule has 2 aromatic heterocycles. The number of H-pyrrole nitrogens is 1. The number of amides is 1. The van der Waals surface area contributed by atoms with Crippen molar-refractivity contribution < 1.29 is 9.53 Å². The summed E-state index contributed by atoms with van der Waals surface area (Å²) in [6.45, 7) is 0.629. The zero-order valence-electron chi connectivity index (χ0n) is 16.8. The van der Waals surface area contributed by atoms with Crippen molar-refractivity contribution in [1.29, 1.82) is 0 Å². The van der Waals surface area contributed by atoms with Gasteiger partial charge in [-0.25, -0.2) is 4.98 Å². The van der Waals surface area contributed by atoms with E-state index < -0.39 is 0 Å². The van der Waals surface area contributed by atoms with E-state index in [0.717, 1.165) is 0 Å². The first-order chi connectivity index (χ1) is 14.5. The van der Waals surface area contributed by atoms with E-state index in [1.165, 1.54) is 36.7 Å². The maximum atomic E-state index is 12.8. The van der Waals surface area contributed by atoms with Crippen molar-refractivity contribution in [2.75, 3.05) is 11.9 Å². The summed E-state index contributed by atoms with van der Waals surface area (Å²) in [7, 11) is 1.61. The van der Waals surface area contributed by atoms with E-state index in [1.807, 2.05) is 6.07 Å². The van der Waals surface area contributed by atoms with Crippen molar-refractivity contribution in [2.45, 2.75) is 32.1 Å². The zero-order valence-corrected chi connectivity index (χ0v) is 17.6. The number of nitrogens with one attached hydrogen (secondary N) is 2. The summed E-state index contributed by atoms with van der Waals surface area (Å²) in [6.07, 6.45) is 7.77. The first kappa shape index (κ1) is 20.3. The van der Waals surface area contributed by atoms with Crippen molar-refractivity contribution in [2.24, 2.45) is 13.0 Å². The fourth-order valence-electron chi connectivity index (χ4n) is 3.79. The Morgan fingerprint density at radius 1 is 1.30 bits per heavy atom. The molecule has 0 radical (unpaired) electrons. The SMILES string of the molecule is Cn1c(=S)[nH]c2cc(C(=O)Nc3ncccc3OCC3CCCCC3)ccc2c1=O. The third kappa shape index (κ3) is 4.28. The standard InChI is InChI=1S/C22H24N4O3S/c1-26-21(28)16-10-9-15(12-17(16)24-22(26)30)20(27)25-19-18(8-5-11-23-19)29-13-14-6-3-2-4-7-14/h5,8-12,14H,2-4,6-7,13H2,1H3,(H,24,30)(H,23,25,27). The summed E-state index contributed by atoms with van der Waals surface area (Å²) in [5.74, 6) is 1.16. The lowest BCUT2D eigenvalue weighted by Gasteiger charge is -2.22. The Bertz CT molecular complexity index is 1190. The predicted molar refractivity (Wildman–Crippen MR) is 119 cm³/mol. The van der Waals surface area contributed by atoms with Crippen LogP contribution in [0.5, 0.6) is 5.75 Å². The second kappa shape index (κ2) is 8.79. The largest absolute Gasteiger partial charge is 0.489 e. The van der Waals surface area contributed by atoms with Crippen LogP contribution >= 0.6 is 12.2 Å². The van der Waals surface area contributed by atoms with Gasteiger partial charge < -0.3 is 15.0 Å². The van der Waals surface area contributed by atoms with Crippen LogP contribution in [0.3, 0.4) is 0 Å². The molecule has 1 aliphatic carbocycles. The number of carbonyl (C=O) groups excluding carboxylic acids is 1. The highest BCUT2D eigenvalue weighted by Gasteiger charge is 2.17. The summed E-state index contributed by atoms with van der Waals surface area (Å²) in [6, 6.07) is 8.45. The Balaban J connectivity index is 1.53. The third-order valence-corrected chi connectivity index (χ3v) is 5.94. The van der Waals surface area contributed by atoms with Gasteiger partial charge >= 0.3 is 0 Å². The number of aromatic amines is 1. The maximum Gasteiger partial charge on any atom is 0.261 e. The Labute approximate surface area is 179 Å². The molecule has 1 aliphatic rings. The first-order valence-electron chi connectivity index (χ1n) is 10.1. The van der Waals surface area contributed by atoms with Crippen molar-refractivity contribution in [3.8, 4) is 5.75 Å². The van der Waals surface area contributed by atoms with Crippen molar-refractivity contribution in [3.05, 3.63) is 57.2 Å². The van der Waals surface area contributed by atoms with Crippen molar-refractivity contribution in [3.63, 3.8) is 0 Å². The molecule has 156 valence electrons. The van der Waals surface area contributed by atoms with E-state index in [4.69, 9.17) is 17.0 Å². The highest BCUT2D eigenvalue weighted by atomic mass is 32.1. The lowest BCUT2D eigenvalue weighted by molar-refractivity contribution is 0.102. The van der Waals surface area contributed by atoms with E-state index in [-0.39, 0.29) is 11.5 Å². The van der Waals surface area contributed by atoms with E-state index in [9.17, 15) is 9.59 Å². The van der Waals surface area contributed by atoms with Gasteiger partial charge in [0.15, 0.2) is 16.3 Å². The molecular weight excluding hydrogens is 400 g/mol. The number of hydrogen-bond donors (Lipinski definition) is 2. The number of benzene rings is 1. The molecule has 2 heterocycles. The summed E-state index contributed by atoms with van der Waals surface area (Å²) in [4.78, 5) is 32.4. The number of pyridine rings is 1. The molecule has 30 heavy (non-hydrogen) atoms. The van der Waals surface area contributed by atoms with Gasteiger partial charge in [-0.2, -0.15) is 0 Å². The molecular formula is C22H24N4O3S. The number of fused-ring (bicyclic) bond motifs is 1. The number of ether oxygens (including phenoxy) is 1. The highest BCUT2D eigenvalue weighted by Crippen LogP contribution is 2.27. The second-order valence-electron chi connectivity index (χ2n) is 7.67. The second-order valence-corrected chi connectivity index (χ2v) is 8.06. The number of aromatic nitrogens is 3. The Morgan fingerprint density at radius 3 is 2.90 bits per heavy atom. The van der Waals surface area contributed by atoms with Crippen LogP contribution in [-0.2, 0) is 7.05 Å². The molecule has 0 saturated heterocycles. The summed E-state index contributed by atoms with van der Waals surface area (Å²) >= 11 is 5.16. The van der Waals surface area contributed by atoms with Crippen LogP contribution in [0.15, 0.2) is 41.3 Å². The van der Waals surface area contributed by atoms with Crippen LogP contribution in [0.2, 0.25) is 0 Å². The van der Waals surface area contributed by atoms with Gasteiger partial charge in [0.2, 0.25) is 0 Å². The number of hydrogen-bond acceptors (Lipinski definition) is 5. The summed E-state index contributed by atoms with van der Waals surface area (Å²) < 4.78 is 7.65. The highest BCUT2D eigenvalue weighted by molar-refractivity contribution is 7.71. The van der Waals surface area contributed by atoms with E-state index in [0.29, 0.717) is 45.3 Å². The Kier molecular flexibility index (Phi) is 5.94. The van der Waals surface area contributed by atoms with E-state index in [2.05, 4.69) is 15.3 Å². The lowest BCUT2D eigenvalue weighted by Crippen LogP contribution is -2.20. The lowest BCUT2D eigenvalue weighted by atomic mass is 9.90. The average molecular weight is 425 g/mol. The van der Waals surface area contributed by atoms with Crippen LogP contribution in [-0.4, -0.2) is 27.0 Å². The van der Waals surface area contributed by atoms with Gasteiger partial charge in [-0.1, -0.05) is 19.3 Å². The molecule has 4 rings (SSSR count). The van der Waals surface area contributed by atoms with Gasteiger partial charge in [-0.05, 0) is 61.3 Å². The van der Waals surface area contributed by atoms with Crippen LogP contribution in [0, 0.1) is 10.7 Å². The topological polar surface area (TPSA) is 89.0 Å². The van der Waals surface area contributed by atoms with Crippen LogP contribution in [0.1, 0.15) is 42.5 Å². The van der Waals surface area contributed by atoms with Crippen molar-refractivity contribution >= 4 is 34.8 Å². The van der Waals surface area contributed by atoms with Crippen LogP contribution in [0.4, 0.5) is 5.82 Å². The van der Waals surface area contributed by atoms with Crippen LogP contribution < -0.4 is 15.6 Å². The smallest absolute Gasteiger partial charge is 0.261 e. The molecule has 1 saturated carbocycles. The number of carbonyl (C=O) groups is 1. The predicted octanol–water partition coefficient (Wildman–Crippen LogP) is 4.20. The Morgan fingerprint density at radius 2 is 2.10 bits per heavy atom. The molecule has 2 N–H and O–H groups in total. The fourth-order valence-corrected chi connectivity index (χ4v) is 3.98. The Hall–Kier alpha value is -3.00. The monoisotopic (exact) mass is 424 g/mol. The van der Waals surface area contributed by atoms with E-state index >= 15 is 0 Å². The van der Waals surface area contributed by atoms with Crippen molar-refractivity contribution in [1.82, 2.24) is 14.5 Å². The third-order valence-electron chi connectivity index (χ3n) is 5.56. The molecule has 3 aromatic rings. The molecule has 7 nitrogen and oxygen atoms in total. The minimum absolute atomic E-state index is 0.205. The molecule has 0 bridgehead atoms. The summed E-state index contributed by atoms with van der Waals surface area (Å²) in [5.41, 5.74) is 0.708. The molecule has 1 amide bonds. The van der Waals surface area contributed by atoms with Gasteiger partial charge in [0.25, 0.3) is 11.5 Å². The fraction of sp³-hybridized carbons (Fsp3) is 0.364. The van der Waals surface area contributed by atoms with E-state index in [1.54, 1.807) is 37.5 Å². The average Bonchev–Trinajstić information content (AvgIpc) is 2.77. The van der Waals surface area contributed by atoms with Gasteiger partial charge in [0.1, 0.15) is 0 Å². The normalized spacial score (nSPS) is 14.6. The molecule has 0 spiro atoms. The number of nitrogens with zero attached hydrogens (tertiary/aromatic N) is 2. The first-order valence-corrected chi connectivity index (χ1v) is 10.6. The zero-order chi connectivity index (χ0) is 21.1. The molecule has 0 aliphatic heterocycles. The minimum Gasteiger partial charge on any atom is -0.489 e. The molecule has 1 aromatic carbocycles. The number of rotatable bonds is 5.